The van der Waals surface area contributed by atoms with Crippen molar-refractivity contribution in [3.05, 3.63) is 48.0 Å². The molecule has 2 unspecified atom stereocenters. The first-order valence-electron chi connectivity index (χ1n) is 10.0. The lowest BCUT2D eigenvalue weighted by molar-refractivity contribution is 0.370. The van der Waals surface area contributed by atoms with Crippen LogP contribution in [-0.2, 0) is 5.54 Å². The standard InChI is InChI=1S/C22H22N2.C2H6/c1-4-17-13(3)23-20-16-10-7-6-9-14(16)15-11-8-12-18-19(15)21(20)24-22(17,18)5-2;1-2/h6-12,17,24H,4-5H2,1-3H3;1-2H3. The van der Waals surface area contributed by atoms with Gasteiger partial charge in [-0.05, 0) is 36.1 Å². The molecule has 0 aliphatic carbocycles. The van der Waals surface area contributed by atoms with Crippen LogP contribution in [-0.4, -0.2) is 5.71 Å². The highest BCUT2D eigenvalue weighted by Gasteiger charge is 2.47. The molecule has 0 aromatic heterocycles. The summed E-state index contributed by atoms with van der Waals surface area (Å²) in [7, 11) is 0. The van der Waals surface area contributed by atoms with E-state index in [4.69, 9.17) is 4.99 Å². The highest BCUT2D eigenvalue weighted by molar-refractivity contribution is 6.23. The van der Waals surface area contributed by atoms with Crippen molar-refractivity contribution in [2.24, 2.45) is 10.9 Å². The molecule has 3 aromatic rings. The number of anilines is 1. The molecule has 2 heterocycles. The molecule has 5 rings (SSSR count). The minimum Gasteiger partial charge on any atom is -0.373 e. The fourth-order valence-electron chi connectivity index (χ4n) is 5.18. The Balaban J connectivity index is 0.000000814. The summed E-state index contributed by atoms with van der Waals surface area (Å²) in [5, 5.41) is 9.28. The molecule has 0 amide bonds. The van der Waals surface area contributed by atoms with Crippen LogP contribution in [0.1, 0.15) is 53.0 Å². The number of nitrogens with one attached hydrogen (secondary N) is 1. The van der Waals surface area contributed by atoms with Gasteiger partial charge in [-0.25, -0.2) is 0 Å². The third kappa shape index (κ3) is 1.96. The zero-order valence-corrected chi connectivity index (χ0v) is 16.5. The van der Waals surface area contributed by atoms with E-state index in [1.165, 1.54) is 38.5 Å². The maximum absolute atomic E-state index is 5.14. The molecule has 26 heavy (non-hydrogen) atoms. The van der Waals surface area contributed by atoms with E-state index in [9.17, 15) is 0 Å². The van der Waals surface area contributed by atoms with Crippen molar-refractivity contribution in [2.75, 3.05) is 5.32 Å². The second-order valence-corrected chi connectivity index (χ2v) is 7.16. The van der Waals surface area contributed by atoms with Crippen LogP contribution in [0, 0.1) is 5.92 Å². The van der Waals surface area contributed by atoms with E-state index < -0.39 is 0 Å². The van der Waals surface area contributed by atoms with Crippen molar-refractivity contribution in [1.29, 1.82) is 0 Å². The zero-order valence-electron chi connectivity index (χ0n) is 16.5. The number of hydrogen-bond acceptors (Lipinski definition) is 2. The van der Waals surface area contributed by atoms with Gasteiger partial charge in [0.2, 0.25) is 0 Å². The summed E-state index contributed by atoms with van der Waals surface area (Å²) in [4.78, 5) is 5.14. The molecular formula is C24H28N2. The number of rotatable bonds is 2. The topological polar surface area (TPSA) is 24.4 Å². The van der Waals surface area contributed by atoms with Gasteiger partial charge in [-0.3, -0.25) is 4.99 Å². The van der Waals surface area contributed by atoms with Gasteiger partial charge in [-0.15, -0.1) is 0 Å². The van der Waals surface area contributed by atoms with Gasteiger partial charge in [0.25, 0.3) is 0 Å². The number of aliphatic imine (C=N–C) groups is 1. The van der Waals surface area contributed by atoms with Gasteiger partial charge in [0.1, 0.15) is 0 Å². The Hall–Kier alpha value is -2.35. The van der Waals surface area contributed by atoms with Gasteiger partial charge in [0.05, 0.1) is 16.9 Å². The molecule has 134 valence electrons. The fraction of sp³-hybridized carbons (Fsp3) is 0.375. The smallest absolute Gasteiger partial charge is 0.0945 e. The highest BCUT2D eigenvalue weighted by atomic mass is 15.1. The van der Waals surface area contributed by atoms with Crippen LogP contribution in [0.2, 0.25) is 0 Å². The summed E-state index contributed by atoms with van der Waals surface area (Å²) in [6.07, 6.45) is 2.17. The van der Waals surface area contributed by atoms with Crippen molar-refractivity contribution in [3.63, 3.8) is 0 Å². The van der Waals surface area contributed by atoms with Crippen molar-refractivity contribution < 1.29 is 0 Å². The van der Waals surface area contributed by atoms with Crippen LogP contribution in [0.3, 0.4) is 0 Å². The van der Waals surface area contributed by atoms with Crippen LogP contribution < -0.4 is 5.32 Å². The largest absolute Gasteiger partial charge is 0.373 e. The SMILES string of the molecule is CC.CCC1C(C)=Nc2c3c4c(cccc4c4ccccc24)C1(CC)N3. The Morgan fingerprint density at radius 3 is 2.35 bits per heavy atom. The molecule has 2 aliphatic rings. The third-order valence-corrected chi connectivity index (χ3v) is 6.21. The van der Waals surface area contributed by atoms with E-state index in [1.807, 2.05) is 13.8 Å². The average Bonchev–Trinajstić information content (AvgIpc) is 2.96. The fourth-order valence-corrected chi connectivity index (χ4v) is 5.18. The van der Waals surface area contributed by atoms with Crippen LogP contribution in [0.4, 0.5) is 11.4 Å². The molecule has 3 aromatic carbocycles. The molecule has 0 spiro atoms. The summed E-state index contributed by atoms with van der Waals surface area (Å²) in [6, 6.07) is 15.5. The van der Waals surface area contributed by atoms with Crippen LogP contribution in [0.5, 0.6) is 0 Å². The first-order chi connectivity index (χ1) is 12.7. The lowest BCUT2D eigenvalue weighted by Gasteiger charge is -2.37. The molecule has 2 atom stereocenters. The number of fused-ring (bicyclic) bond motifs is 5. The van der Waals surface area contributed by atoms with Crippen molar-refractivity contribution in [3.8, 4) is 0 Å². The summed E-state index contributed by atoms with van der Waals surface area (Å²) in [6.45, 7) is 10.8. The molecule has 0 saturated carbocycles. The second-order valence-electron chi connectivity index (χ2n) is 7.16. The van der Waals surface area contributed by atoms with Crippen LogP contribution >= 0.6 is 0 Å². The van der Waals surface area contributed by atoms with E-state index in [2.05, 4.69) is 68.6 Å². The third-order valence-electron chi connectivity index (χ3n) is 6.21. The predicted octanol–water partition coefficient (Wildman–Crippen LogP) is 7.18. The van der Waals surface area contributed by atoms with E-state index in [0.29, 0.717) is 5.92 Å². The van der Waals surface area contributed by atoms with E-state index >= 15 is 0 Å². The maximum Gasteiger partial charge on any atom is 0.0945 e. The summed E-state index contributed by atoms with van der Waals surface area (Å²) >= 11 is 0. The Bertz CT molecular complexity index is 1030. The first-order valence-corrected chi connectivity index (χ1v) is 10.0. The number of benzene rings is 3. The van der Waals surface area contributed by atoms with Gasteiger partial charge >= 0.3 is 0 Å². The van der Waals surface area contributed by atoms with Gasteiger partial charge in [-0.2, -0.15) is 0 Å². The van der Waals surface area contributed by atoms with Crippen molar-refractivity contribution in [1.82, 2.24) is 0 Å². The van der Waals surface area contributed by atoms with Crippen molar-refractivity contribution in [2.45, 2.75) is 53.0 Å². The minimum absolute atomic E-state index is 0.0210. The van der Waals surface area contributed by atoms with Crippen molar-refractivity contribution >= 4 is 38.6 Å². The van der Waals surface area contributed by atoms with Crippen LogP contribution in [0.25, 0.3) is 21.5 Å². The zero-order chi connectivity index (χ0) is 18.5. The minimum atomic E-state index is -0.0210. The van der Waals surface area contributed by atoms with Crippen LogP contribution in [0.15, 0.2) is 47.5 Å². The lowest BCUT2D eigenvalue weighted by atomic mass is 9.73. The maximum atomic E-state index is 5.14. The number of hydrogen-bond donors (Lipinski definition) is 1. The summed E-state index contributed by atoms with van der Waals surface area (Å²) < 4.78 is 0. The highest BCUT2D eigenvalue weighted by Crippen LogP contribution is 2.57. The molecule has 1 N–H and O–H groups in total. The molecule has 2 aliphatic heterocycles. The van der Waals surface area contributed by atoms with Gasteiger partial charge < -0.3 is 5.32 Å². The Labute approximate surface area is 156 Å². The molecule has 2 nitrogen and oxygen atoms in total. The van der Waals surface area contributed by atoms with Gasteiger partial charge in [0, 0.05) is 22.4 Å². The van der Waals surface area contributed by atoms with E-state index in [1.54, 1.807) is 0 Å². The van der Waals surface area contributed by atoms with E-state index in [0.717, 1.165) is 18.5 Å². The quantitative estimate of drug-likeness (QED) is 0.489. The van der Waals surface area contributed by atoms with E-state index in [-0.39, 0.29) is 5.54 Å². The Kier molecular flexibility index (Phi) is 4.02. The summed E-state index contributed by atoms with van der Waals surface area (Å²) in [5.74, 6) is 0.428. The molecule has 2 bridgehead atoms. The van der Waals surface area contributed by atoms with Gasteiger partial charge in [0.15, 0.2) is 0 Å². The molecule has 2 heteroatoms. The molecule has 0 radical (unpaired) electrons. The molecule has 0 saturated heterocycles. The first kappa shape index (κ1) is 17.1. The molecular weight excluding hydrogens is 316 g/mol. The Morgan fingerprint density at radius 2 is 1.65 bits per heavy atom. The van der Waals surface area contributed by atoms with Gasteiger partial charge in [-0.1, -0.05) is 70.2 Å². The predicted molar refractivity (Wildman–Crippen MR) is 115 cm³/mol. The molecule has 0 fully saturated rings. The lowest BCUT2D eigenvalue weighted by Crippen LogP contribution is -2.42. The normalized spacial score (nSPS) is 22.7. The summed E-state index contributed by atoms with van der Waals surface area (Å²) in [5.41, 5.74) is 5.08. The number of nitrogens with zero attached hydrogens (tertiary/aromatic N) is 1. The second kappa shape index (κ2) is 6.12. The Morgan fingerprint density at radius 1 is 0.962 bits per heavy atom. The monoisotopic (exact) mass is 344 g/mol. The average molecular weight is 345 g/mol.